The second-order valence-electron chi connectivity index (χ2n) is 3.42. The summed E-state index contributed by atoms with van der Waals surface area (Å²) >= 11 is 0. The Morgan fingerprint density at radius 1 is 1.29 bits per heavy atom. The summed E-state index contributed by atoms with van der Waals surface area (Å²) in [7, 11) is 1.51. The van der Waals surface area contributed by atoms with Crippen LogP contribution in [0.4, 0.5) is 4.39 Å². The van der Waals surface area contributed by atoms with Crippen LogP contribution in [0.5, 0.6) is 5.75 Å². The van der Waals surface area contributed by atoms with Crippen molar-refractivity contribution in [2.45, 2.75) is 0 Å². The lowest BCUT2D eigenvalue weighted by atomic mass is 10.0. The molecule has 0 atom stereocenters. The van der Waals surface area contributed by atoms with Crippen LogP contribution in [0.3, 0.4) is 0 Å². The van der Waals surface area contributed by atoms with Crippen molar-refractivity contribution < 1.29 is 9.13 Å². The van der Waals surface area contributed by atoms with Crippen molar-refractivity contribution >= 4 is 0 Å². The zero-order valence-electron chi connectivity index (χ0n) is 9.14. The quantitative estimate of drug-likeness (QED) is 0.793. The van der Waals surface area contributed by atoms with Gasteiger partial charge in [0.15, 0.2) is 0 Å². The van der Waals surface area contributed by atoms with Crippen molar-refractivity contribution in [2.24, 2.45) is 0 Å². The Kier molecular flexibility index (Phi) is 3.01. The molecule has 3 nitrogen and oxygen atoms in total. The highest BCUT2D eigenvalue weighted by atomic mass is 19.1. The molecule has 0 unspecified atom stereocenters. The van der Waals surface area contributed by atoms with Crippen LogP contribution in [0.25, 0.3) is 11.1 Å². The van der Waals surface area contributed by atoms with Crippen molar-refractivity contribution in [1.82, 2.24) is 4.98 Å². The molecule has 1 aromatic carbocycles. The van der Waals surface area contributed by atoms with E-state index < -0.39 is 5.82 Å². The fourth-order valence-electron chi connectivity index (χ4n) is 1.56. The summed E-state index contributed by atoms with van der Waals surface area (Å²) in [4.78, 5) is 3.78. The molecule has 0 aliphatic rings. The van der Waals surface area contributed by atoms with E-state index in [0.29, 0.717) is 22.4 Å². The van der Waals surface area contributed by atoms with E-state index in [1.807, 2.05) is 6.07 Å². The summed E-state index contributed by atoms with van der Waals surface area (Å²) in [6.45, 7) is 0. The monoisotopic (exact) mass is 228 g/mol. The molecule has 0 bridgehead atoms. The number of benzene rings is 1. The van der Waals surface area contributed by atoms with E-state index in [4.69, 9.17) is 10.00 Å². The number of aromatic nitrogens is 1. The van der Waals surface area contributed by atoms with Crippen molar-refractivity contribution in [3.63, 3.8) is 0 Å². The van der Waals surface area contributed by atoms with Crippen molar-refractivity contribution in [3.05, 3.63) is 48.0 Å². The molecule has 17 heavy (non-hydrogen) atoms. The Morgan fingerprint density at radius 2 is 2.12 bits per heavy atom. The zero-order chi connectivity index (χ0) is 12.3. The van der Waals surface area contributed by atoms with Gasteiger partial charge in [-0.15, -0.1) is 0 Å². The first kappa shape index (κ1) is 11.1. The predicted molar refractivity (Wildman–Crippen MR) is 60.9 cm³/mol. The largest absolute Gasteiger partial charge is 0.496 e. The molecule has 0 amide bonds. The molecule has 0 aliphatic heterocycles. The van der Waals surface area contributed by atoms with E-state index in [2.05, 4.69) is 4.98 Å². The average Bonchev–Trinajstić information content (AvgIpc) is 2.38. The molecule has 0 spiro atoms. The van der Waals surface area contributed by atoms with Crippen molar-refractivity contribution in [3.8, 4) is 22.9 Å². The first-order valence-corrected chi connectivity index (χ1v) is 4.93. The van der Waals surface area contributed by atoms with Gasteiger partial charge in [0.25, 0.3) is 0 Å². The Hall–Kier alpha value is -2.41. The third-order valence-electron chi connectivity index (χ3n) is 2.35. The van der Waals surface area contributed by atoms with E-state index in [9.17, 15) is 4.39 Å². The molecule has 84 valence electrons. The first-order valence-electron chi connectivity index (χ1n) is 4.93. The van der Waals surface area contributed by atoms with E-state index in [-0.39, 0.29) is 0 Å². The molecule has 1 aromatic heterocycles. The summed E-state index contributed by atoms with van der Waals surface area (Å²) in [6.07, 6.45) is 2.69. The highest BCUT2D eigenvalue weighted by molar-refractivity contribution is 5.70. The van der Waals surface area contributed by atoms with Gasteiger partial charge in [-0.25, -0.2) is 4.39 Å². The molecule has 0 saturated carbocycles. The average molecular weight is 228 g/mol. The number of hydrogen-bond acceptors (Lipinski definition) is 3. The third kappa shape index (κ3) is 2.23. The topological polar surface area (TPSA) is 45.9 Å². The Morgan fingerprint density at radius 3 is 2.76 bits per heavy atom. The number of nitriles is 1. The maximum absolute atomic E-state index is 13.1. The Balaban J connectivity index is 2.56. The summed E-state index contributed by atoms with van der Waals surface area (Å²) in [5, 5.41) is 8.79. The number of nitrogens with zero attached hydrogens (tertiary/aromatic N) is 2. The van der Waals surface area contributed by atoms with Gasteiger partial charge >= 0.3 is 0 Å². The van der Waals surface area contributed by atoms with Crippen LogP contribution in [-0.4, -0.2) is 12.1 Å². The highest BCUT2D eigenvalue weighted by Gasteiger charge is 2.08. The fraction of sp³-hybridized carbons (Fsp3) is 0.0769. The van der Waals surface area contributed by atoms with E-state index in [1.165, 1.54) is 13.2 Å². The zero-order valence-corrected chi connectivity index (χ0v) is 9.14. The van der Waals surface area contributed by atoms with Crippen LogP contribution in [0.1, 0.15) is 5.56 Å². The minimum Gasteiger partial charge on any atom is -0.496 e. The highest BCUT2D eigenvalue weighted by Crippen LogP contribution is 2.30. The molecular weight excluding hydrogens is 219 g/mol. The molecule has 2 aromatic rings. The summed E-state index contributed by atoms with van der Waals surface area (Å²) in [6, 6.07) is 8.38. The van der Waals surface area contributed by atoms with E-state index in [0.717, 1.165) is 6.20 Å². The second-order valence-corrected chi connectivity index (χ2v) is 3.42. The van der Waals surface area contributed by atoms with Crippen LogP contribution < -0.4 is 4.74 Å². The number of ether oxygens (including phenoxy) is 1. The smallest absolute Gasteiger partial charge is 0.142 e. The van der Waals surface area contributed by atoms with Gasteiger partial charge in [0.1, 0.15) is 11.6 Å². The minimum absolute atomic E-state index is 0.408. The molecule has 1 heterocycles. The summed E-state index contributed by atoms with van der Waals surface area (Å²) < 4.78 is 18.3. The maximum Gasteiger partial charge on any atom is 0.142 e. The normalized spacial score (nSPS) is 9.71. The summed E-state index contributed by atoms with van der Waals surface area (Å²) in [5.74, 6) is 0.116. The molecule has 2 rings (SSSR count). The maximum atomic E-state index is 13.1. The van der Waals surface area contributed by atoms with Crippen LogP contribution in [0.15, 0.2) is 36.7 Å². The standard InChI is InChI=1S/C13H9FN2O/c1-17-13-4-9(6-15)2-3-12(13)10-5-11(14)8-16-7-10/h2-5,7-8H,1H3. The van der Waals surface area contributed by atoms with Crippen LogP contribution in [0, 0.1) is 17.1 Å². The Bertz CT molecular complexity index is 590. The third-order valence-corrected chi connectivity index (χ3v) is 2.35. The molecule has 0 radical (unpaired) electrons. The van der Waals surface area contributed by atoms with Gasteiger partial charge in [-0.3, -0.25) is 4.98 Å². The Labute approximate surface area is 98.1 Å². The van der Waals surface area contributed by atoms with Crippen molar-refractivity contribution in [1.29, 1.82) is 5.26 Å². The minimum atomic E-state index is -0.408. The van der Waals surface area contributed by atoms with Gasteiger partial charge < -0.3 is 4.74 Å². The van der Waals surface area contributed by atoms with Gasteiger partial charge in [0.05, 0.1) is 24.9 Å². The molecular formula is C13H9FN2O. The van der Waals surface area contributed by atoms with Gasteiger partial charge in [-0.2, -0.15) is 5.26 Å². The van der Waals surface area contributed by atoms with E-state index in [1.54, 1.807) is 24.4 Å². The lowest BCUT2D eigenvalue weighted by molar-refractivity contribution is 0.416. The van der Waals surface area contributed by atoms with Gasteiger partial charge in [-0.05, 0) is 24.3 Å². The van der Waals surface area contributed by atoms with Crippen LogP contribution in [0.2, 0.25) is 0 Å². The number of rotatable bonds is 2. The summed E-state index contributed by atoms with van der Waals surface area (Å²) in [5.41, 5.74) is 1.82. The first-order chi connectivity index (χ1) is 8.24. The fourth-order valence-corrected chi connectivity index (χ4v) is 1.56. The molecule has 4 heteroatoms. The SMILES string of the molecule is COc1cc(C#N)ccc1-c1cncc(F)c1. The lowest BCUT2D eigenvalue weighted by Gasteiger charge is -2.08. The van der Waals surface area contributed by atoms with Gasteiger partial charge in [0.2, 0.25) is 0 Å². The number of methoxy groups -OCH3 is 1. The molecule has 0 N–H and O–H groups in total. The second kappa shape index (κ2) is 4.62. The van der Waals surface area contributed by atoms with Crippen molar-refractivity contribution in [2.75, 3.05) is 7.11 Å². The number of halogens is 1. The predicted octanol–water partition coefficient (Wildman–Crippen LogP) is 2.77. The molecule has 0 fully saturated rings. The van der Waals surface area contributed by atoms with Crippen LogP contribution >= 0.6 is 0 Å². The molecule has 0 saturated heterocycles. The van der Waals surface area contributed by atoms with Gasteiger partial charge in [0, 0.05) is 17.3 Å². The number of pyridine rings is 1. The number of hydrogen-bond donors (Lipinski definition) is 0. The lowest BCUT2D eigenvalue weighted by Crippen LogP contribution is -1.90. The van der Waals surface area contributed by atoms with Gasteiger partial charge in [-0.1, -0.05) is 0 Å². The van der Waals surface area contributed by atoms with Crippen LogP contribution in [-0.2, 0) is 0 Å². The molecule has 0 aliphatic carbocycles. The van der Waals surface area contributed by atoms with E-state index >= 15 is 0 Å².